The van der Waals surface area contributed by atoms with Crippen LogP contribution in [0.3, 0.4) is 0 Å². The van der Waals surface area contributed by atoms with Crippen LogP contribution in [0, 0.1) is 3.57 Å². The normalized spacial score (nSPS) is 14.1. The lowest BCUT2D eigenvalue weighted by Crippen LogP contribution is -2.37. The number of anilines is 4. The zero-order chi connectivity index (χ0) is 20.8. The number of benzene rings is 2. The lowest BCUT2D eigenvalue weighted by atomic mass is 10.2. The van der Waals surface area contributed by atoms with Gasteiger partial charge in [0.05, 0.1) is 19.4 Å². The molecule has 2 heterocycles. The number of rotatable bonds is 6. The van der Waals surface area contributed by atoms with Gasteiger partial charge in [0.15, 0.2) is 0 Å². The van der Waals surface area contributed by atoms with E-state index in [9.17, 15) is 0 Å². The summed E-state index contributed by atoms with van der Waals surface area (Å²) in [5.41, 5.74) is 4.79. The van der Waals surface area contributed by atoms with E-state index in [0.29, 0.717) is 31.1 Å². The van der Waals surface area contributed by atoms with Crippen LogP contribution in [0.4, 0.5) is 23.5 Å². The Morgan fingerprint density at radius 1 is 1.03 bits per heavy atom. The minimum atomic E-state index is 0.367. The van der Waals surface area contributed by atoms with Crippen LogP contribution >= 0.6 is 38.5 Å². The van der Waals surface area contributed by atoms with Crippen LogP contribution in [0.15, 0.2) is 58.1 Å². The van der Waals surface area contributed by atoms with Crippen LogP contribution in [-0.2, 0) is 4.74 Å². The summed E-state index contributed by atoms with van der Waals surface area (Å²) >= 11 is 5.75. The number of nitrogens with zero attached hydrogens (tertiary/aromatic N) is 5. The molecular weight excluding hydrogens is 561 g/mol. The average Bonchev–Trinajstić information content (AvgIpc) is 2.74. The monoisotopic (exact) mass is 579 g/mol. The molecular formula is C20H19BrIN7O. The molecule has 2 N–H and O–H groups in total. The Morgan fingerprint density at radius 3 is 2.63 bits per heavy atom. The molecule has 1 aliphatic rings. The van der Waals surface area contributed by atoms with Gasteiger partial charge in [-0.2, -0.15) is 20.1 Å². The van der Waals surface area contributed by atoms with Crippen molar-refractivity contribution >= 4 is 68.3 Å². The van der Waals surface area contributed by atoms with Gasteiger partial charge in [0.25, 0.3) is 0 Å². The van der Waals surface area contributed by atoms with E-state index < -0.39 is 0 Å². The fourth-order valence-electron chi connectivity index (χ4n) is 2.82. The number of morpholine rings is 1. The summed E-state index contributed by atoms with van der Waals surface area (Å²) < 4.78 is 7.55. The summed E-state index contributed by atoms with van der Waals surface area (Å²) in [6.45, 7) is 2.75. The molecule has 2 aromatic carbocycles. The lowest BCUT2D eigenvalue weighted by molar-refractivity contribution is 0.122. The molecule has 0 saturated carbocycles. The van der Waals surface area contributed by atoms with Crippen molar-refractivity contribution in [1.29, 1.82) is 0 Å². The number of hydrogen-bond acceptors (Lipinski definition) is 8. The molecule has 0 spiro atoms. The number of ether oxygens (including phenoxy) is 1. The minimum Gasteiger partial charge on any atom is -0.378 e. The highest BCUT2D eigenvalue weighted by Gasteiger charge is 2.16. The first-order chi connectivity index (χ1) is 14.7. The molecule has 0 radical (unpaired) electrons. The van der Waals surface area contributed by atoms with E-state index >= 15 is 0 Å². The predicted molar refractivity (Wildman–Crippen MR) is 131 cm³/mol. The van der Waals surface area contributed by atoms with Gasteiger partial charge < -0.3 is 15.0 Å². The van der Waals surface area contributed by atoms with Crippen molar-refractivity contribution in [2.75, 3.05) is 41.9 Å². The molecule has 1 aliphatic heterocycles. The molecule has 0 atom stereocenters. The van der Waals surface area contributed by atoms with Crippen LogP contribution in [0.2, 0.25) is 0 Å². The molecule has 0 aliphatic carbocycles. The van der Waals surface area contributed by atoms with E-state index in [2.05, 4.69) is 74.2 Å². The lowest BCUT2D eigenvalue weighted by Gasteiger charge is -2.27. The molecule has 1 aromatic heterocycles. The van der Waals surface area contributed by atoms with Gasteiger partial charge in [-0.25, -0.2) is 5.43 Å². The van der Waals surface area contributed by atoms with E-state index in [-0.39, 0.29) is 0 Å². The highest BCUT2D eigenvalue weighted by molar-refractivity contribution is 14.1. The largest absolute Gasteiger partial charge is 0.378 e. The Kier molecular flexibility index (Phi) is 7.07. The fourth-order valence-corrected chi connectivity index (χ4v) is 3.79. The minimum absolute atomic E-state index is 0.367. The third-order valence-electron chi connectivity index (χ3n) is 4.23. The third-order valence-corrected chi connectivity index (χ3v) is 5.39. The summed E-state index contributed by atoms with van der Waals surface area (Å²) in [4.78, 5) is 15.7. The van der Waals surface area contributed by atoms with Crippen molar-refractivity contribution in [3.05, 3.63) is 62.1 Å². The molecule has 0 unspecified atom stereocenters. The number of hydrazone groups is 1. The van der Waals surface area contributed by atoms with Crippen molar-refractivity contribution in [3.63, 3.8) is 0 Å². The first-order valence-corrected chi connectivity index (χ1v) is 11.2. The van der Waals surface area contributed by atoms with Crippen molar-refractivity contribution in [2.45, 2.75) is 0 Å². The zero-order valence-corrected chi connectivity index (χ0v) is 19.7. The maximum absolute atomic E-state index is 5.44. The average molecular weight is 580 g/mol. The second kappa shape index (κ2) is 10.1. The summed E-state index contributed by atoms with van der Waals surface area (Å²) in [6.07, 6.45) is 1.74. The number of aromatic nitrogens is 3. The topological polar surface area (TPSA) is 87.6 Å². The van der Waals surface area contributed by atoms with Gasteiger partial charge >= 0.3 is 0 Å². The summed E-state index contributed by atoms with van der Waals surface area (Å²) in [7, 11) is 0. The summed E-state index contributed by atoms with van der Waals surface area (Å²) in [5, 5.41) is 7.53. The van der Waals surface area contributed by atoms with Gasteiger partial charge in [-0.1, -0.05) is 34.1 Å². The molecule has 30 heavy (non-hydrogen) atoms. The second-order valence-electron chi connectivity index (χ2n) is 6.44. The molecule has 4 rings (SSSR count). The van der Waals surface area contributed by atoms with Crippen molar-refractivity contribution in [1.82, 2.24) is 15.0 Å². The first-order valence-electron chi connectivity index (χ1n) is 9.32. The maximum Gasteiger partial charge on any atom is 0.250 e. The van der Waals surface area contributed by atoms with Crippen LogP contribution in [0.5, 0.6) is 0 Å². The Balaban J connectivity index is 1.57. The molecule has 10 heteroatoms. The van der Waals surface area contributed by atoms with Crippen molar-refractivity contribution < 1.29 is 4.74 Å². The van der Waals surface area contributed by atoms with Crippen LogP contribution in [-0.4, -0.2) is 47.5 Å². The molecule has 3 aromatic rings. The van der Waals surface area contributed by atoms with Gasteiger partial charge in [0, 0.05) is 26.8 Å². The van der Waals surface area contributed by atoms with E-state index in [4.69, 9.17) is 4.74 Å². The molecule has 154 valence electrons. The highest BCUT2D eigenvalue weighted by atomic mass is 127. The second-order valence-corrected chi connectivity index (χ2v) is 8.60. The zero-order valence-electron chi connectivity index (χ0n) is 15.9. The van der Waals surface area contributed by atoms with Gasteiger partial charge in [-0.15, -0.1) is 0 Å². The number of halogens is 2. The fraction of sp³-hybridized carbons (Fsp3) is 0.200. The van der Waals surface area contributed by atoms with Crippen LogP contribution in [0.1, 0.15) is 5.56 Å². The summed E-state index contributed by atoms with van der Waals surface area (Å²) in [5.74, 6) is 1.39. The standard InChI is InChI=1S/C20H19BrIN7O/c21-15-4-2-6-17(12-15)24-18-25-19(27-20(26-18)29-7-9-30-10-8-29)28-23-13-14-3-1-5-16(22)11-14/h1-6,11-13H,7-10H2,(H2,24,25,26,27,28)/b23-13+. The Bertz CT molecular complexity index is 1040. The third kappa shape index (κ3) is 5.86. The molecule has 0 amide bonds. The number of nitrogens with one attached hydrogen (secondary N) is 2. The predicted octanol–water partition coefficient (Wildman–Crippen LogP) is 4.26. The Morgan fingerprint density at radius 2 is 1.83 bits per heavy atom. The van der Waals surface area contributed by atoms with E-state index in [1.165, 1.54) is 0 Å². The van der Waals surface area contributed by atoms with Crippen molar-refractivity contribution in [3.8, 4) is 0 Å². The van der Waals surface area contributed by atoms with Crippen molar-refractivity contribution in [2.24, 2.45) is 5.10 Å². The van der Waals surface area contributed by atoms with Gasteiger partial charge in [0.1, 0.15) is 0 Å². The maximum atomic E-state index is 5.44. The quantitative estimate of drug-likeness (QED) is 0.256. The number of hydrogen-bond donors (Lipinski definition) is 2. The van der Waals surface area contributed by atoms with E-state index in [0.717, 1.165) is 32.4 Å². The molecule has 8 nitrogen and oxygen atoms in total. The van der Waals surface area contributed by atoms with Gasteiger partial charge in [-0.3, -0.25) is 0 Å². The highest BCUT2D eigenvalue weighted by Crippen LogP contribution is 2.21. The Labute approximate surface area is 196 Å². The van der Waals surface area contributed by atoms with Gasteiger partial charge in [0.2, 0.25) is 17.8 Å². The SMILES string of the molecule is Brc1cccc(Nc2nc(N/N=C/c3cccc(I)c3)nc(N3CCOCC3)n2)c1. The van der Waals surface area contributed by atoms with Crippen LogP contribution in [0.25, 0.3) is 0 Å². The smallest absolute Gasteiger partial charge is 0.250 e. The first kappa shape index (κ1) is 20.9. The molecule has 1 saturated heterocycles. The van der Waals surface area contributed by atoms with Gasteiger partial charge in [-0.05, 0) is 58.5 Å². The molecule has 0 bridgehead atoms. The van der Waals surface area contributed by atoms with E-state index in [1.54, 1.807) is 6.21 Å². The Hall–Kier alpha value is -2.31. The summed E-state index contributed by atoms with van der Waals surface area (Å²) in [6, 6.07) is 15.9. The van der Waals surface area contributed by atoms with E-state index in [1.807, 2.05) is 48.5 Å². The molecule has 1 fully saturated rings. The van der Waals surface area contributed by atoms with Crippen LogP contribution < -0.4 is 15.6 Å².